The fourth-order valence-corrected chi connectivity index (χ4v) is 3.94. The number of rotatable bonds is 8. The molecule has 0 unspecified atom stereocenters. The van der Waals surface area contributed by atoms with Crippen molar-refractivity contribution in [1.29, 1.82) is 5.41 Å². The Morgan fingerprint density at radius 2 is 2.03 bits per heavy atom. The predicted octanol–water partition coefficient (Wildman–Crippen LogP) is 2.99. The van der Waals surface area contributed by atoms with Crippen molar-refractivity contribution in [2.24, 2.45) is 0 Å². The van der Waals surface area contributed by atoms with Crippen LogP contribution in [0.4, 0.5) is 0 Å². The van der Waals surface area contributed by atoms with Crippen LogP contribution < -0.4 is 16.2 Å². The molecule has 1 aliphatic carbocycles. The molecule has 0 radical (unpaired) electrons. The summed E-state index contributed by atoms with van der Waals surface area (Å²) in [5, 5.41) is 14.3. The molecule has 5 rings (SSSR count). The first-order chi connectivity index (χ1) is 16.1. The molecular formula is C25H24N6O2. The lowest BCUT2D eigenvalue weighted by Gasteiger charge is -2.09. The zero-order chi connectivity index (χ0) is 22.8. The van der Waals surface area contributed by atoms with Crippen molar-refractivity contribution in [3.05, 3.63) is 93.8 Å². The van der Waals surface area contributed by atoms with Crippen molar-refractivity contribution in [2.75, 3.05) is 0 Å². The number of imidazole rings is 1. The van der Waals surface area contributed by atoms with E-state index in [9.17, 15) is 9.59 Å². The van der Waals surface area contributed by atoms with Gasteiger partial charge in [-0.1, -0.05) is 24.3 Å². The highest BCUT2D eigenvalue weighted by atomic mass is 16.1. The van der Waals surface area contributed by atoms with E-state index in [1.165, 1.54) is 30.7 Å². The van der Waals surface area contributed by atoms with Gasteiger partial charge in [-0.15, -0.1) is 0 Å². The van der Waals surface area contributed by atoms with E-state index >= 15 is 0 Å². The van der Waals surface area contributed by atoms with Crippen molar-refractivity contribution < 1.29 is 4.79 Å². The number of H-pyrrole nitrogens is 1. The second-order valence-electron chi connectivity index (χ2n) is 8.25. The molecule has 0 atom stereocenters. The maximum atomic E-state index is 12.6. The number of pyridine rings is 2. The van der Waals surface area contributed by atoms with E-state index < -0.39 is 5.91 Å². The lowest BCUT2D eigenvalue weighted by Crippen LogP contribution is -2.27. The number of para-hydroxylation sites is 1. The number of carbonyl (C=O) groups excluding carboxylic acids is 1. The lowest BCUT2D eigenvalue weighted by atomic mass is 10.1. The van der Waals surface area contributed by atoms with Crippen LogP contribution >= 0.6 is 0 Å². The number of benzene rings is 1. The van der Waals surface area contributed by atoms with Crippen LogP contribution in [0.25, 0.3) is 16.6 Å². The van der Waals surface area contributed by atoms with Gasteiger partial charge in [0, 0.05) is 48.3 Å². The van der Waals surface area contributed by atoms with Gasteiger partial charge >= 0.3 is 0 Å². The number of aromatic amines is 1. The Morgan fingerprint density at radius 1 is 1.18 bits per heavy atom. The van der Waals surface area contributed by atoms with E-state index in [0.717, 1.165) is 34.0 Å². The quantitative estimate of drug-likeness (QED) is 0.249. The molecule has 0 bridgehead atoms. The fourth-order valence-electron chi connectivity index (χ4n) is 3.94. The number of nitrogens with zero attached hydrogens (tertiary/aromatic N) is 2. The van der Waals surface area contributed by atoms with Crippen molar-refractivity contribution in [3.8, 4) is 0 Å². The second-order valence-corrected chi connectivity index (χ2v) is 8.25. The van der Waals surface area contributed by atoms with Gasteiger partial charge < -0.3 is 25.4 Å². The Morgan fingerprint density at radius 3 is 2.85 bits per heavy atom. The normalized spacial score (nSPS) is 13.9. The zero-order valence-electron chi connectivity index (χ0n) is 18.0. The molecule has 3 aromatic heterocycles. The molecule has 3 heterocycles. The predicted molar refractivity (Wildman–Crippen MR) is 127 cm³/mol. The largest absolute Gasteiger partial charge is 0.384 e. The number of fused-ring (bicyclic) bond motifs is 2. The summed E-state index contributed by atoms with van der Waals surface area (Å²) >= 11 is 0. The van der Waals surface area contributed by atoms with Crippen molar-refractivity contribution in [2.45, 2.75) is 31.8 Å². The summed E-state index contributed by atoms with van der Waals surface area (Å²) in [5.74, 6) is 0.285. The van der Waals surface area contributed by atoms with Crippen LogP contribution in [-0.4, -0.2) is 26.5 Å². The van der Waals surface area contributed by atoms with Gasteiger partial charge in [0.05, 0.1) is 17.8 Å². The first-order valence-electron chi connectivity index (χ1n) is 10.9. The molecular weight excluding hydrogens is 416 g/mol. The first kappa shape index (κ1) is 20.7. The Labute approximate surface area is 189 Å². The minimum absolute atomic E-state index is 0.184. The maximum absolute atomic E-state index is 12.6. The van der Waals surface area contributed by atoms with E-state index in [1.807, 2.05) is 40.9 Å². The molecule has 0 spiro atoms. The van der Waals surface area contributed by atoms with Crippen LogP contribution in [0.15, 0.2) is 71.4 Å². The molecule has 0 aliphatic heterocycles. The van der Waals surface area contributed by atoms with Crippen LogP contribution in [0.3, 0.4) is 0 Å². The Hall–Kier alpha value is -4.20. The molecule has 1 fully saturated rings. The van der Waals surface area contributed by atoms with Gasteiger partial charge in [0.25, 0.3) is 5.91 Å². The molecule has 0 saturated heterocycles. The Balaban J connectivity index is 1.23. The molecule has 8 heteroatoms. The average molecular weight is 441 g/mol. The van der Waals surface area contributed by atoms with E-state index in [4.69, 9.17) is 5.41 Å². The number of hydrogen-bond acceptors (Lipinski definition) is 5. The third-order valence-electron chi connectivity index (χ3n) is 5.81. The van der Waals surface area contributed by atoms with Gasteiger partial charge in [-0.3, -0.25) is 9.59 Å². The van der Waals surface area contributed by atoms with Gasteiger partial charge in [0.1, 0.15) is 5.65 Å². The number of amides is 1. The van der Waals surface area contributed by atoms with E-state index in [-0.39, 0.29) is 17.7 Å². The third kappa shape index (κ3) is 4.55. The van der Waals surface area contributed by atoms with E-state index in [0.29, 0.717) is 12.5 Å². The smallest absolute Gasteiger partial charge is 0.254 e. The highest BCUT2D eigenvalue weighted by Crippen LogP contribution is 2.39. The molecule has 1 saturated carbocycles. The van der Waals surface area contributed by atoms with Gasteiger partial charge in [-0.05, 0) is 42.0 Å². The van der Waals surface area contributed by atoms with Gasteiger partial charge in [-0.2, -0.15) is 0 Å². The van der Waals surface area contributed by atoms with Crippen molar-refractivity contribution >= 4 is 28.7 Å². The summed E-state index contributed by atoms with van der Waals surface area (Å²) in [6.07, 6.45) is 9.13. The second kappa shape index (κ2) is 8.74. The van der Waals surface area contributed by atoms with Crippen molar-refractivity contribution in [3.63, 3.8) is 0 Å². The molecule has 4 N–H and O–H groups in total. The number of carbonyl (C=O) groups is 1. The topological polar surface area (TPSA) is 115 Å². The Bertz CT molecular complexity index is 1440. The van der Waals surface area contributed by atoms with Crippen LogP contribution in [-0.2, 0) is 17.9 Å². The molecule has 1 aliphatic rings. The Kier molecular flexibility index (Phi) is 5.48. The summed E-state index contributed by atoms with van der Waals surface area (Å²) in [5.41, 5.74) is 4.47. The first-order valence-corrected chi connectivity index (χ1v) is 10.9. The van der Waals surface area contributed by atoms with Gasteiger partial charge in [0.2, 0.25) is 5.56 Å². The van der Waals surface area contributed by atoms with Gasteiger partial charge in [0.15, 0.2) is 0 Å². The number of hydrogen-bond donors (Lipinski definition) is 4. The zero-order valence-corrected chi connectivity index (χ0v) is 18.0. The molecule has 1 amide bonds. The van der Waals surface area contributed by atoms with E-state index in [1.54, 1.807) is 0 Å². The molecule has 4 aromatic rings. The average Bonchev–Trinajstić information content (AvgIpc) is 3.59. The number of aromatic nitrogens is 3. The van der Waals surface area contributed by atoms with Crippen LogP contribution in [0.2, 0.25) is 0 Å². The minimum Gasteiger partial charge on any atom is -0.384 e. The van der Waals surface area contributed by atoms with Gasteiger partial charge in [-0.25, -0.2) is 4.98 Å². The van der Waals surface area contributed by atoms with Crippen LogP contribution in [0.5, 0.6) is 0 Å². The highest BCUT2D eigenvalue weighted by molar-refractivity contribution is 6.11. The molecule has 1 aromatic carbocycles. The monoisotopic (exact) mass is 440 g/mol. The standard InChI is InChI=1S/C25H24N6O2/c26-10-19(25(33)28-12-18-9-24(32)30-22-4-2-1-3-21(18)22)11-27-13-20-15-31-14-17(16-5-6-16)7-8-23(31)29-20/h1-4,7-11,14-16,26-27H,5-6,12-13H2,(H,28,33)(H,30,32)/b19-11+,26-10?. The lowest BCUT2D eigenvalue weighted by molar-refractivity contribution is -0.117. The number of nitrogens with one attached hydrogen (secondary N) is 4. The molecule has 8 nitrogen and oxygen atoms in total. The summed E-state index contributed by atoms with van der Waals surface area (Å²) in [4.78, 5) is 31.9. The van der Waals surface area contributed by atoms with Crippen LogP contribution in [0.1, 0.15) is 35.6 Å². The van der Waals surface area contributed by atoms with Crippen LogP contribution in [0, 0.1) is 5.41 Å². The summed E-state index contributed by atoms with van der Waals surface area (Å²) in [7, 11) is 0. The van der Waals surface area contributed by atoms with Crippen molar-refractivity contribution in [1.82, 2.24) is 25.0 Å². The minimum atomic E-state index is -0.397. The summed E-state index contributed by atoms with van der Waals surface area (Å²) in [6.45, 7) is 0.619. The summed E-state index contributed by atoms with van der Waals surface area (Å²) in [6, 6.07) is 13.1. The summed E-state index contributed by atoms with van der Waals surface area (Å²) < 4.78 is 2.03. The molecule has 166 valence electrons. The fraction of sp³-hybridized carbons (Fsp3) is 0.200. The highest BCUT2D eigenvalue weighted by Gasteiger charge is 2.23. The molecule has 33 heavy (non-hydrogen) atoms. The third-order valence-corrected chi connectivity index (χ3v) is 5.81. The van der Waals surface area contributed by atoms with E-state index in [2.05, 4.69) is 32.9 Å². The maximum Gasteiger partial charge on any atom is 0.254 e. The SMILES string of the molecule is N=C/C(=C\NCc1cn2cc(C3CC3)ccc2n1)C(=O)NCc1cc(=O)[nH]c2ccccc12.